The summed E-state index contributed by atoms with van der Waals surface area (Å²) in [5.41, 5.74) is 0.0232. The van der Waals surface area contributed by atoms with Crippen molar-refractivity contribution in [3.8, 4) is 5.75 Å². The molecule has 1 amide bonds. The SMILES string of the molecule is O=C(COC(=O)c1cccc(OC(F)F)c1)NCC1CCCO1. The van der Waals surface area contributed by atoms with Crippen molar-refractivity contribution in [2.45, 2.75) is 25.6 Å². The summed E-state index contributed by atoms with van der Waals surface area (Å²) in [6.07, 6.45) is 1.85. The maximum atomic E-state index is 12.1. The maximum absolute atomic E-state index is 12.1. The lowest BCUT2D eigenvalue weighted by Crippen LogP contribution is -2.34. The highest BCUT2D eigenvalue weighted by molar-refractivity contribution is 5.91. The van der Waals surface area contributed by atoms with E-state index in [0.717, 1.165) is 18.9 Å². The van der Waals surface area contributed by atoms with Gasteiger partial charge in [-0.25, -0.2) is 4.79 Å². The standard InChI is InChI=1S/C15H17F2NO5/c16-15(17)23-11-4-1-3-10(7-11)14(20)22-9-13(19)18-8-12-5-2-6-21-12/h1,3-4,7,12,15H,2,5-6,8-9H2,(H,18,19). The molecule has 2 rings (SSSR count). The lowest BCUT2D eigenvalue weighted by molar-refractivity contribution is -0.124. The topological polar surface area (TPSA) is 73.9 Å². The van der Waals surface area contributed by atoms with Gasteiger partial charge in [0, 0.05) is 13.2 Å². The van der Waals surface area contributed by atoms with Crippen molar-refractivity contribution >= 4 is 11.9 Å². The molecule has 6 nitrogen and oxygen atoms in total. The summed E-state index contributed by atoms with van der Waals surface area (Å²) in [7, 11) is 0. The monoisotopic (exact) mass is 329 g/mol. The summed E-state index contributed by atoms with van der Waals surface area (Å²) in [5.74, 6) is -1.40. The molecule has 1 N–H and O–H groups in total. The first kappa shape index (κ1) is 17.1. The number of benzene rings is 1. The van der Waals surface area contributed by atoms with Crippen molar-refractivity contribution in [1.29, 1.82) is 0 Å². The number of alkyl halides is 2. The van der Waals surface area contributed by atoms with Crippen molar-refractivity contribution in [2.75, 3.05) is 19.8 Å². The molecule has 0 aliphatic carbocycles. The van der Waals surface area contributed by atoms with E-state index in [4.69, 9.17) is 9.47 Å². The molecular weight excluding hydrogens is 312 g/mol. The molecule has 1 fully saturated rings. The van der Waals surface area contributed by atoms with Gasteiger partial charge in [0.05, 0.1) is 11.7 Å². The first-order valence-corrected chi connectivity index (χ1v) is 7.15. The highest BCUT2D eigenvalue weighted by Crippen LogP contribution is 2.16. The van der Waals surface area contributed by atoms with Crippen LogP contribution in [0.25, 0.3) is 0 Å². The summed E-state index contributed by atoms with van der Waals surface area (Å²) in [6.45, 7) is -2.38. The largest absolute Gasteiger partial charge is 0.452 e. The molecule has 1 unspecified atom stereocenters. The zero-order valence-corrected chi connectivity index (χ0v) is 12.3. The molecule has 0 bridgehead atoms. The second-order valence-corrected chi connectivity index (χ2v) is 4.92. The zero-order chi connectivity index (χ0) is 16.7. The fourth-order valence-corrected chi connectivity index (χ4v) is 2.10. The van der Waals surface area contributed by atoms with Gasteiger partial charge < -0.3 is 19.5 Å². The molecular formula is C15H17F2NO5. The first-order valence-electron chi connectivity index (χ1n) is 7.15. The maximum Gasteiger partial charge on any atom is 0.387 e. The van der Waals surface area contributed by atoms with E-state index in [0.29, 0.717) is 13.2 Å². The van der Waals surface area contributed by atoms with Crippen molar-refractivity contribution in [1.82, 2.24) is 5.32 Å². The third-order valence-corrected chi connectivity index (χ3v) is 3.18. The molecule has 1 aromatic carbocycles. The van der Waals surface area contributed by atoms with Gasteiger partial charge in [0.1, 0.15) is 5.75 Å². The minimum Gasteiger partial charge on any atom is -0.452 e. The molecule has 1 aliphatic rings. The van der Waals surface area contributed by atoms with E-state index in [1.807, 2.05) is 0 Å². The van der Waals surface area contributed by atoms with Crippen LogP contribution in [-0.2, 0) is 14.3 Å². The molecule has 1 saturated heterocycles. The van der Waals surface area contributed by atoms with Gasteiger partial charge in [-0.1, -0.05) is 6.07 Å². The number of carbonyl (C=O) groups excluding carboxylic acids is 2. The number of carbonyl (C=O) groups is 2. The molecule has 0 spiro atoms. The van der Waals surface area contributed by atoms with Gasteiger partial charge >= 0.3 is 12.6 Å². The van der Waals surface area contributed by atoms with Gasteiger partial charge in [0.2, 0.25) is 0 Å². The summed E-state index contributed by atoms with van der Waals surface area (Å²) in [5, 5.41) is 2.60. The number of halogens is 2. The van der Waals surface area contributed by atoms with Gasteiger partial charge in [-0.3, -0.25) is 4.79 Å². The van der Waals surface area contributed by atoms with E-state index in [1.54, 1.807) is 0 Å². The Bertz CT molecular complexity index is 546. The molecule has 0 aromatic heterocycles. The van der Waals surface area contributed by atoms with Gasteiger partial charge in [-0.15, -0.1) is 0 Å². The predicted molar refractivity (Wildman–Crippen MR) is 75.3 cm³/mol. The van der Waals surface area contributed by atoms with E-state index < -0.39 is 25.1 Å². The van der Waals surface area contributed by atoms with Crippen LogP contribution in [-0.4, -0.2) is 44.4 Å². The van der Waals surface area contributed by atoms with E-state index in [-0.39, 0.29) is 17.4 Å². The van der Waals surface area contributed by atoms with Gasteiger partial charge in [0.25, 0.3) is 5.91 Å². The molecule has 23 heavy (non-hydrogen) atoms. The Kier molecular flexibility index (Phi) is 6.28. The van der Waals surface area contributed by atoms with Crippen LogP contribution in [0.5, 0.6) is 5.75 Å². The zero-order valence-electron chi connectivity index (χ0n) is 12.3. The van der Waals surface area contributed by atoms with Crippen LogP contribution in [0.15, 0.2) is 24.3 Å². The van der Waals surface area contributed by atoms with Crippen molar-refractivity contribution < 1.29 is 32.6 Å². The van der Waals surface area contributed by atoms with Crippen LogP contribution in [0.1, 0.15) is 23.2 Å². The second-order valence-electron chi connectivity index (χ2n) is 4.92. The highest BCUT2D eigenvalue weighted by atomic mass is 19.3. The summed E-state index contributed by atoms with van der Waals surface area (Å²) >= 11 is 0. The molecule has 0 saturated carbocycles. The number of hydrogen-bond donors (Lipinski definition) is 1. The number of esters is 1. The summed E-state index contributed by atoms with van der Waals surface area (Å²) in [4.78, 5) is 23.4. The average molecular weight is 329 g/mol. The Morgan fingerprint density at radius 1 is 1.39 bits per heavy atom. The summed E-state index contributed by atoms with van der Waals surface area (Å²) < 4.78 is 38.6. The first-order chi connectivity index (χ1) is 11.0. The minimum atomic E-state index is -2.98. The lowest BCUT2D eigenvalue weighted by atomic mass is 10.2. The predicted octanol–water partition coefficient (Wildman–Crippen LogP) is 1.74. The smallest absolute Gasteiger partial charge is 0.387 e. The lowest BCUT2D eigenvalue weighted by Gasteiger charge is -2.11. The quantitative estimate of drug-likeness (QED) is 0.772. The van der Waals surface area contributed by atoms with Gasteiger partial charge in [0.15, 0.2) is 6.61 Å². The molecule has 1 aromatic rings. The molecule has 0 radical (unpaired) electrons. The fourth-order valence-electron chi connectivity index (χ4n) is 2.10. The van der Waals surface area contributed by atoms with Crippen LogP contribution in [0, 0.1) is 0 Å². The van der Waals surface area contributed by atoms with Crippen molar-refractivity contribution in [2.24, 2.45) is 0 Å². The Morgan fingerprint density at radius 3 is 2.91 bits per heavy atom. The van der Waals surface area contributed by atoms with Crippen LogP contribution >= 0.6 is 0 Å². The normalized spacial score (nSPS) is 17.1. The number of nitrogens with one attached hydrogen (secondary N) is 1. The van der Waals surface area contributed by atoms with Gasteiger partial charge in [-0.05, 0) is 31.0 Å². The van der Waals surface area contributed by atoms with E-state index in [2.05, 4.69) is 10.1 Å². The average Bonchev–Trinajstić information content (AvgIpc) is 3.03. The number of amides is 1. The van der Waals surface area contributed by atoms with Crippen LogP contribution in [0.4, 0.5) is 8.78 Å². The van der Waals surface area contributed by atoms with Crippen LogP contribution < -0.4 is 10.1 Å². The minimum absolute atomic E-state index is 0.00201. The summed E-state index contributed by atoms with van der Waals surface area (Å²) in [6, 6.07) is 5.17. The Balaban J connectivity index is 1.76. The van der Waals surface area contributed by atoms with Crippen molar-refractivity contribution in [3.05, 3.63) is 29.8 Å². The van der Waals surface area contributed by atoms with Crippen LogP contribution in [0.2, 0.25) is 0 Å². The number of rotatable bonds is 7. The Hall–Kier alpha value is -2.22. The van der Waals surface area contributed by atoms with Gasteiger partial charge in [-0.2, -0.15) is 8.78 Å². The molecule has 1 heterocycles. The molecule has 8 heteroatoms. The highest BCUT2D eigenvalue weighted by Gasteiger charge is 2.17. The van der Waals surface area contributed by atoms with E-state index in [1.165, 1.54) is 18.2 Å². The third kappa shape index (κ3) is 5.82. The van der Waals surface area contributed by atoms with E-state index in [9.17, 15) is 18.4 Å². The van der Waals surface area contributed by atoms with Crippen LogP contribution in [0.3, 0.4) is 0 Å². The fraction of sp³-hybridized carbons (Fsp3) is 0.467. The third-order valence-electron chi connectivity index (χ3n) is 3.18. The number of ether oxygens (including phenoxy) is 3. The molecule has 126 valence electrons. The van der Waals surface area contributed by atoms with E-state index >= 15 is 0 Å². The van der Waals surface area contributed by atoms with Crippen molar-refractivity contribution in [3.63, 3.8) is 0 Å². The number of hydrogen-bond acceptors (Lipinski definition) is 5. The molecule has 1 atom stereocenters. The Morgan fingerprint density at radius 2 is 2.22 bits per heavy atom. The Labute approximate surface area is 131 Å². The second kappa shape index (κ2) is 8.42. The molecule has 1 aliphatic heterocycles.